The van der Waals surface area contributed by atoms with Crippen molar-refractivity contribution in [3.63, 3.8) is 0 Å². The van der Waals surface area contributed by atoms with Gasteiger partial charge in [-0.3, -0.25) is 14.4 Å². The fourth-order valence-electron chi connectivity index (χ4n) is 3.58. The Hall–Kier alpha value is -2.37. The van der Waals surface area contributed by atoms with Crippen molar-refractivity contribution < 1.29 is 14.4 Å². The lowest BCUT2D eigenvalue weighted by molar-refractivity contribution is -0.139. The van der Waals surface area contributed by atoms with Crippen LogP contribution in [0.4, 0.5) is 5.69 Å². The molecule has 0 N–H and O–H groups in total. The molecule has 6 nitrogen and oxygen atoms in total. The largest absolute Gasteiger partial charge is 0.340 e. The van der Waals surface area contributed by atoms with Crippen LogP contribution in [0, 0.1) is 5.41 Å². The monoisotopic (exact) mass is 357 g/mol. The second-order valence-electron chi connectivity index (χ2n) is 8.16. The molecule has 2 aliphatic heterocycles. The lowest BCUT2D eigenvalue weighted by Crippen LogP contribution is -2.42. The number of nitrogens with zero attached hydrogens (tertiary/aromatic N) is 3. The Morgan fingerprint density at radius 2 is 1.65 bits per heavy atom. The molecule has 1 aromatic rings. The molecule has 0 unspecified atom stereocenters. The molecule has 0 aromatic heterocycles. The highest BCUT2D eigenvalue weighted by Gasteiger charge is 2.30. The van der Waals surface area contributed by atoms with Gasteiger partial charge in [-0.05, 0) is 30.2 Å². The van der Waals surface area contributed by atoms with Crippen LogP contribution in [0.2, 0.25) is 0 Å². The third kappa shape index (κ3) is 3.45. The van der Waals surface area contributed by atoms with Crippen LogP contribution >= 0.6 is 0 Å². The molecule has 2 heterocycles. The SMILES string of the molecule is CN1C(=O)Cc2cc(C(=O)N3CCCN(C(=O)C(C)(C)C)CC3)ccc21. The topological polar surface area (TPSA) is 60.9 Å². The lowest BCUT2D eigenvalue weighted by Gasteiger charge is -2.28. The van der Waals surface area contributed by atoms with E-state index in [1.54, 1.807) is 18.0 Å². The Labute approximate surface area is 154 Å². The van der Waals surface area contributed by atoms with E-state index in [0.29, 0.717) is 38.2 Å². The summed E-state index contributed by atoms with van der Waals surface area (Å²) in [6.07, 6.45) is 1.13. The smallest absolute Gasteiger partial charge is 0.253 e. The molecule has 6 heteroatoms. The predicted molar refractivity (Wildman–Crippen MR) is 100 cm³/mol. The molecule has 0 spiro atoms. The number of anilines is 1. The quantitative estimate of drug-likeness (QED) is 0.772. The highest BCUT2D eigenvalue weighted by molar-refractivity contribution is 6.03. The molecular weight excluding hydrogens is 330 g/mol. The van der Waals surface area contributed by atoms with E-state index in [9.17, 15) is 14.4 Å². The van der Waals surface area contributed by atoms with Gasteiger partial charge in [0.1, 0.15) is 0 Å². The van der Waals surface area contributed by atoms with Crippen molar-refractivity contribution >= 4 is 23.4 Å². The van der Waals surface area contributed by atoms with E-state index in [4.69, 9.17) is 0 Å². The molecular formula is C20H27N3O3. The van der Waals surface area contributed by atoms with Gasteiger partial charge in [-0.15, -0.1) is 0 Å². The first kappa shape index (κ1) is 18.4. The van der Waals surface area contributed by atoms with E-state index in [1.165, 1.54) is 0 Å². The Balaban J connectivity index is 1.71. The minimum Gasteiger partial charge on any atom is -0.340 e. The summed E-state index contributed by atoms with van der Waals surface area (Å²) in [5.74, 6) is 0.154. The number of benzene rings is 1. The van der Waals surface area contributed by atoms with Crippen LogP contribution in [-0.2, 0) is 16.0 Å². The van der Waals surface area contributed by atoms with Crippen LogP contribution in [0.25, 0.3) is 0 Å². The van der Waals surface area contributed by atoms with Crippen molar-refractivity contribution in [2.24, 2.45) is 5.41 Å². The van der Waals surface area contributed by atoms with Gasteiger partial charge in [-0.25, -0.2) is 0 Å². The molecule has 0 radical (unpaired) electrons. The molecule has 0 bridgehead atoms. The van der Waals surface area contributed by atoms with Crippen LogP contribution in [0.15, 0.2) is 18.2 Å². The minimum absolute atomic E-state index is 0.0279. The molecule has 1 fully saturated rings. The summed E-state index contributed by atoms with van der Waals surface area (Å²) in [5.41, 5.74) is 1.99. The number of hydrogen-bond acceptors (Lipinski definition) is 3. The van der Waals surface area contributed by atoms with Crippen LogP contribution in [0.5, 0.6) is 0 Å². The molecule has 3 rings (SSSR count). The second kappa shape index (κ2) is 6.74. The standard InChI is InChI=1S/C20H27N3O3/c1-20(2,3)19(26)23-9-5-8-22(10-11-23)18(25)14-6-7-16-15(12-14)13-17(24)21(16)4/h6-7,12H,5,8-11,13H2,1-4H3. The van der Waals surface area contributed by atoms with E-state index in [0.717, 1.165) is 17.7 Å². The predicted octanol–water partition coefficient (Wildman–Crippen LogP) is 1.93. The summed E-state index contributed by atoms with van der Waals surface area (Å²) in [4.78, 5) is 42.6. The third-order valence-electron chi connectivity index (χ3n) is 5.12. The second-order valence-corrected chi connectivity index (χ2v) is 8.16. The van der Waals surface area contributed by atoms with E-state index < -0.39 is 5.41 Å². The average molecular weight is 357 g/mol. The molecule has 26 heavy (non-hydrogen) atoms. The summed E-state index contributed by atoms with van der Waals surface area (Å²) >= 11 is 0. The van der Waals surface area contributed by atoms with Gasteiger partial charge in [0.25, 0.3) is 5.91 Å². The van der Waals surface area contributed by atoms with Crippen molar-refractivity contribution in [2.45, 2.75) is 33.6 Å². The van der Waals surface area contributed by atoms with Gasteiger partial charge in [0.2, 0.25) is 11.8 Å². The summed E-state index contributed by atoms with van der Waals surface area (Å²) < 4.78 is 0. The van der Waals surface area contributed by atoms with Crippen LogP contribution in [0.3, 0.4) is 0 Å². The van der Waals surface area contributed by atoms with Gasteiger partial charge < -0.3 is 14.7 Å². The first-order valence-corrected chi connectivity index (χ1v) is 9.16. The lowest BCUT2D eigenvalue weighted by atomic mass is 9.94. The van der Waals surface area contributed by atoms with Crippen molar-refractivity contribution in [3.05, 3.63) is 29.3 Å². The maximum absolute atomic E-state index is 12.9. The van der Waals surface area contributed by atoms with E-state index in [2.05, 4.69) is 0 Å². The van der Waals surface area contributed by atoms with E-state index >= 15 is 0 Å². The van der Waals surface area contributed by atoms with Crippen molar-refractivity contribution in [2.75, 3.05) is 38.1 Å². The van der Waals surface area contributed by atoms with E-state index in [-0.39, 0.29) is 17.7 Å². The molecule has 0 saturated carbocycles. The normalized spacial score (nSPS) is 18.0. The van der Waals surface area contributed by atoms with E-state index in [1.807, 2.05) is 42.7 Å². The molecule has 1 saturated heterocycles. The Bertz CT molecular complexity index is 751. The van der Waals surface area contributed by atoms with Gasteiger partial charge in [0.05, 0.1) is 6.42 Å². The van der Waals surface area contributed by atoms with Gasteiger partial charge in [-0.1, -0.05) is 20.8 Å². The molecule has 0 atom stereocenters. The Kier molecular flexibility index (Phi) is 4.78. The third-order valence-corrected chi connectivity index (χ3v) is 5.12. The number of likely N-dealkylation sites (N-methyl/N-ethyl adjacent to an activating group) is 1. The number of carbonyl (C=O) groups excluding carboxylic acids is 3. The van der Waals surface area contributed by atoms with Crippen LogP contribution < -0.4 is 4.90 Å². The number of fused-ring (bicyclic) bond motifs is 1. The highest BCUT2D eigenvalue weighted by Crippen LogP contribution is 2.29. The maximum atomic E-state index is 12.9. The number of amides is 3. The van der Waals surface area contributed by atoms with Crippen molar-refractivity contribution in [1.82, 2.24) is 9.80 Å². The van der Waals surface area contributed by atoms with Crippen LogP contribution in [0.1, 0.15) is 43.1 Å². The van der Waals surface area contributed by atoms with Gasteiger partial charge in [0, 0.05) is 49.9 Å². The number of carbonyl (C=O) groups is 3. The molecule has 1 aromatic carbocycles. The maximum Gasteiger partial charge on any atom is 0.253 e. The zero-order valence-electron chi connectivity index (χ0n) is 16.0. The fourth-order valence-corrected chi connectivity index (χ4v) is 3.58. The fraction of sp³-hybridized carbons (Fsp3) is 0.550. The zero-order valence-corrected chi connectivity index (χ0v) is 16.0. The molecule has 0 aliphatic carbocycles. The Morgan fingerprint density at radius 1 is 1.00 bits per heavy atom. The molecule has 140 valence electrons. The van der Waals surface area contributed by atoms with Crippen molar-refractivity contribution in [1.29, 1.82) is 0 Å². The first-order valence-electron chi connectivity index (χ1n) is 9.16. The highest BCUT2D eigenvalue weighted by atomic mass is 16.2. The Morgan fingerprint density at radius 3 is 2.35 bits per heavy atom. The van der Waals surface area contributed by atoms with Gasteiger partial charge in [-0.2, -0.15) is 0 Å². The summed E-state index contributed by atoms with van der Waals surface area (Å²) in [5, 5.41) is 0. The number of hydrogen-bond donors (Lipinski definition) is 0. The molecule has 3 amide bonds. The van der Waals surface area contributed by atoms with Gasteiger partial charge >= 0.3 is 0 Å². The van der Waals surface area contributed by atoms with Gasteiger partial charge in [0.15, 0.2) is 0 Å². The summed E-state index contributed by atoms with van der Waals surface area (Å²) in [6, 6.07) is 5.47. The van der Waals surface area contributed by atoms with Crippen molar-refractivity contribution in [3.8, 4) is 0 Å². The summed E-state index contributed by atoms with van der Waals surface area (Å²) in [7, 11) is 1.76. The minimum atomic E-state index is -0.405. The first-order chi connectivity index (χ1) is 12.2. The average Bonchev–Trinajstić information content (AvgIpc) is 2.77. The number of rotatable bonds is 1. The summed E-state index contributed by atoms with van der Waals surface area (Å²) in [6.45, 7) is 8.20. The van der Waals surface area contributed by atoms with Crippen LogP contribution in [-0.4, -0.2) is 60.7 Å². The molecule has 2 aliphatic rings. The zero-order chi connectivity index (χ0) is 19.1.